The predicted molar refractivity (Wildman–Crippen MR) is 102 cm³/mol. The highest BCUT2D eigenvalue weighted by molar-refractivity contribution is 5.91. The van der Waals surface area contributed by atoms with Gasteiger partial charge in [0, 0.05) is 6.42 Å². The number of fused-ring (bicyclic) bond motifs is 3. The number of ketones is 1. The van der Waals surface area contributed by atoms with Crippen LogP contribution in [0.25, 0.3) is 0 Å². The van der Waals surface area contributed by atoms with Crippen molar-refractivity contribution in [1.82, 2.24) is 0 Å². The molecule has 0 N–H and O–H groups in total. The van der Waals surface area contributed by atoms with Gasteiger partial charge in [-0.3, -0.25) is 9.59 Å². The first-order valence-electron chi connectivity index (χ1n) is 10.3. The van der Waals surface area contributed by atoms with Gasteiger partial charge in [-0.15, -0.1) is 0 Å². The van der Waals surface area contributed by atoms with Crippen molar-refractivity contribution in [1.29, 1.82) is 0 Å². The monoisotopic (exact) mass is 342 g/mol. The Hall–Kier alpha value is -1.18. The van der Waals surface area contributed by atoms with Gasteiger partial charge in [-0.1, -0.05) is 38.8 Å². The van der Waals surface area contributed by atoms with Crippen LogP contribution in [0.15, 0.2) is 23.3 Å². The van der Waals surface area contributed by atoms with E-state index in [1.807, 2.05) is 19.1 Å². The third-order valence-electron chi connectivity index (χ3n) is 8.05. The Bertz CT molecular complexity index is 614. The topological polar surface area (TPSA) is 34.1 Å². The molecule has 5 atom stereocenters. The summed E-state index contributed by atoms with van der Waals surface area (Å²) in [7, 11) is 0. The second-order valence-corrected chi connectivity index (χ2v) is 9.08. The Morgan fingerprint density at radius 3 is 2.64 bits per heavy atom. The summed E-state index contributed by atoms with van der Waals surface area (Å²) in [6.07, 6.45) is 13.8. The molecule has 0 spiro atoms. The van der Waals surface area contributed by atoms with Gasteiger partial charge >= 0.3 is 0 Å². The summed E-state index contributed by atoms with van der Waals surface area (Å²) in [5, 5.41) is 0. The zero-order chi connectivity index (χ0) is 18.2. The van der Waals surface area contributed by atoms with Crippen molar-refractivity contribution in [3.8, 4) is 0 Å². The molecule has 0 saturated heterocycles. The summed E-state index contributed by atoms with van der Waals surface area (Å²) in [5.41, 5.74) is 2.66. The molecule has 3 aliphatic carbocycles. The predicted octanol–water partition coefficient (Wildman–Crippen LogP) is 5.67. The minimum absolute atomic E-state index is 0.0236. The Kier molecular flexibility index (Phi) is 5.10. The lowest BCUT2D eigenvalue weighted by Crippen LogP contribution is -2.51. The molecule has 25 heavy (non-hydrogen) atoms. The van der Waals surface area contributed by atoms with Gasteiger partial charge in [-0.25, -0.2) is 0 Å². The number of hydrogen-bond acceptors (Lipinski definition) is 2. The van der Waals surface area contributed by atoms with E-state index >= 15 is 0 Å². The summed E-state index contributed by atoms with van der Waals surface area (Å²) in [6.45, 7) is 9.05. The maximum atomic E-state index is 11.9. The molecule has 0 aromatic heterocycles. The van der Waals surface area contributed by atoms with Crippen LogP contribution in [0, 0.1) is 28.6 Å². The molecule has 0 bridgehead atoms. The fourth-order valence-corrected chi connectivity index (χ4v) is 6.61. The van der Waals surface area contributed by atoms with Gasteiger partial charge < -0.3 is 0 Å². The third kappa shape index (κ3) is 2.86. The highest BCUT2D eigenvalue weighted by atomic mass is 16.1. The van der Waals surface area contributed by atoms with Gasteiger partial charge in [-0.05, 0) is 85.7 Å². The minimum atomic E-state index is 0.0236. The lowest BCUT2D eigenvalue weighted by atomic mass is 9.45. The minimum Gasteiger partial charge on any atom is -0.298 e. The molecular formula is C23H34O2. The Morgan fingerprint density at radius 1 is 1.24 bits per heavy atom. The van der Waals surface area contributed by atoms with Crippen molar-refractivity contribution in [2.24, 2.45) is 28.6 Å². The van der Waals surface area contributed by atoms with Crippen LogP contribution in [0.2, 0.25) is 0 Å². The molecule has 2 fully saturated rings. The summed E-state index contributed by atoms with van der Waals surface area (Å²) in [6, 6.07) is 0. The molecule has 0 aromatic carbocycles. The quantitative estimate of drug-likeness (QED) is 0.487. The molecular weight excluding hydrogens is 308 g/mol. The molecule has 2 nitrogen and oxygen atoms in total. The molecule has 2 heteroatoms. The molecule has 138 valence electrons. The van der Waals surface area contributed by atoms with Crippen molar-refractivity contribution in [2.45, 2.75) is 79.1 Å². The van der Waals surface area contributed by atoms with Gasteiger partial charge in [-0.2, -0.15) is 0 Å². The first-order valence-corrected chi connectivity index (χ1v) is 10.3. The molecule has 0 heterocycles. The average Bonchev–Trinajstić information content (AvgIpc) is 2.59. The highest BCUT2D eigenvalue weighted by Gasteiger charge is 2.55. The average molecular weight is 343 g/mol. The molecule has 3 rings (SSSR count). The number of aldehydes is 1. The van der Waals surface area contributed by atoms with Crippen molar-refractivity contribution in [3.05, 3.63) is 23.3 Å². The molecule has 0 amide bonds. The van der Waals surface area contributed by atoms with E-state index in [1.54, 1.807) is 0 Å². The smallest absolute Gasteiger partial charge is 0.155 e. The summed E-state index contributed by atoms with van der Waals surface area (Å²) in [5.74, 6) is 2.27. The van der Waals surface area contributed by atoms with Crippen molar-refractivity contribution in [2.75, 3.05) is 0 Å². The third-order valence-corrected chi connectivity index (χ3v) is 8.05. The van der Waals surface area contributed by atoms with E-state index in [-0.39, 0.29) is 10.8 Å². The lowest BCUT2D eigenvalue weighted by molar-refractivity contribution is -0.118. The van der Waals surface area contributed by atoms with Gasteiger partial charge in [0.25, 0.3) is 0 Å². The maximum Gasteiger partial charge on any atom is 0.155 e. The molecule has 0 radical (unpaired) electrons. The van der Waals surface area contributed by atoms with Crippen LogP contribution < -0.4 is 0 Å². The summed E-state index contributed by atoms with van der Waals surface area (Å²) in [4.78, 5) is 23.7. The van der Waals surface area contributed by atoms with Gasteiger partial charge in [0.2, 0.25) is 0 Å². The largest absolute Gasteiger partial charge is 0.298 e. The second kappa shape index (κ2) is 6.85. The standard InChI is InChI=1S/C23H34O2/c1-5-7-20-19-9-8-17-14-18(25)10-12-23(17,4)21(19)11-13-22(20,3)16(6-2)15-24/h6,14-15,19-21H,5,7-13H2,1-4H3/b16-6-. The van der Waals surface area contributed by atoms with E-state index < -0.39 is 0 Å². The fourth-order valence-electron chi connectivity index (χ4n) is 6.61. The van der Waals surface area contributed by atoms with E-state index in [0.29, 0.717) is 30.0 Å². The normalized spacial score (nSPS) is 41.6. The van der Waals surface area contributed by atoms with Crippen LogP contribution in [-0.4, -0.2) is 12.1 Å². The van der Waals surface area contributed by atoms with Crippen LogP contribution in [0.5, 0.6) is 0 Å². The van der Waals surface area contributed by atoms with Crippen LogP contribution in [-0.2, 0) is 9.59 Å². The Balaban J connectivity index is 1.98. The van der Waals surface area contributed by atoms with E-state index in [9.17, 15) is 9.59 Å². The zero-order valence-electron chi connectivity index (χ0n) is 16.4. The maximum absolute atomic E-state index is 11.9. The summed E-state index contributed by atoms with van der Waals surface area (Å²) < 4.78 is 0. The Morgan fingerprint density at radius 2 is 2.00 bits per heavy atom. The van der Waals surface area contributed by atoms with Crippen molar-refractivity contribution < 1.29 is 9.59 Å². The first kappa shape index (κ1) is 18.6. The highest BCUT2D eigenvalue weighted by Crippen LogP contribution is 2.63. The first-order chi connectivity index (χ1) is 11.9. The van der Waals surface area contributed by atoms with Crippen molar-refractivity contribution >= 4 is 12.1 Å². The van der Waals surface area contributed by atoms with Gasteiger partial charge in [0.15, 0.2) is 5.78 Å². The molecule has 0 aromatic rings. The van der Waals surface area contributed by atoms with Crippen LogP contribution >= 0.6 is 0 Å². The number of rotatable bonds is 4. The number of carbonyl (C=O) groups is 2. The SMILES string of the molecule is C/C=C(/C=O)C1(C)CCC2C(CCC3=CC(=O)CCC32C)C1CCC. The summed E-state index contributed by atoms with van der Waals surface area (Å²) >= 11 is 0. The molecule has 0 aliphatic heterocycles. The molecule has 2 saturated carbocycles. The van der Waals surface area contributed by atoms with Crippen LogP contribution in [0.1, 0.15) is 79.1 Å². The van der Waals surface area contributed by atoms with Gasteiger partial charge in [0.05, 0.1) is 0 Å². The van der Waals surface area contributed by atoms with Crippen LogP contribution in [0.4, 0.5) is 0 Å². The number of hydrogen-bond donors (Lipinski definition) is 0. The zero-order valence-corrected chi connectivity index (χ0v) is 16.4. The molecule has 5 unspecified atom stereocenters. The second-order valence-electron chi connectivity index (χ2n) is 9.08. The van der Waals surface area contributed by atoms with Crippen LogP contribution in [0.3, 0.4) is 0 Å². The van der Waals surface area contributed by atoms with Crippen molar-refractivity contribution in [3.63, 3.8) is 0 Å². The number of allylic oxidation sites excluding steroid dienone is 4. The lowest BCUT2D eigenvalue weighted by Gasteiger charge is -2.59. The van der Waals surface area contributed by atoms with E-state index in [4.69, 9.17) is 0 Å². The Labute approximate surface area is 153 Å². The van der Waals surface area contributed by atoms with E-state index in [1.165, 1.54) is 31.3 Å². The molecule has 3 aliphatic rings. The van der Waals surface area contributed by atoms with E-state index in [2.05, 4.69) is 20.8 Å². The van der Waals surface area contributed by atoms with E-state index in [0.717, 1.165) is 31.1 Å². The van der Waals surface area contributed by atoms with Gasteiger partial charge in [0.1, 0.15) is 6.29 Å². The fraction of sp³-hybridized carbons (Fsp3) is 0.739. The number of carbonyl (C=O) groups excluding carboxylic acids is 2.